The van der Waals surface area contributed by atoms with Gasteiger partial charge >= 0.3 is 0 Å². The van der Waals surface area contributed by atoms with E-state index in [0.29, 0.717) is 19.0 Å². The van der Waals surface area contributed by atoms with Crippen LogP contribution in [-0.4, -0.2) is 59.5 Å². The molecule has 7 heteroatoms. The molecule has 144 valence electrons. The van der Waals surface area contributed by atoms with Gasteiger partial charge in [-0.05, 0) is 31.2 Å². The summed E-state index contributed by atoms with van der Waals surface area (Å²) in [4.78, 5) is 11.6. The molecule has 27 heavy (non-hydrogen) atoms. The SMILES string of the molecule is Cc1ccccc1-c1ncc(CN2CC3CCC2CN(S(C)(=O)=O)C3)cn1. The Bertz CT molecular complexity index is 914. The van der Waals surface area contributed by atoms with Crippen molar-refractivity contribution in [1.82, 2.24) is 19.2 Å². The van der Waals surface area contributed by atoms with Crippen LogP contribution in [0.3, 0.4) is 0 Å². The van der Waals surface area contributed by atoms with Crippen molar-refractivity contribution in [2.45, 2.75) is 32.4 Å². The van der Waals surface area contributed by atoms with E-state index in [1.54, 1.807) is 4.31 Å². The minimum atomic E-state index is -3.13. The quantitative estimate of drug-likeness (QED) is 0.807. The maximum atomic E-state index is 12.0. The van der Waals surface area contributed by atoms with Crippen LogP contribution in [0, 0.1) is 12.8 Å². The summed E-state index contributed by atoms with van der Waals surface area (Å²) in [5, 5.41) is 0. The first-order valence-corrected chi connectivity index (χ1v) is 11.3. The molecular formula is C20H26N4O2S. The van der Waals surface area contributed by atoms with Gasteiger partial charge in [0, 0.05) is 55.7 Å². The van der Waals surface area contributed by atoms with E-state index in [4.69, 9.17) is 0 Å². The van der Waals surface area contributed by atoms with E-state index in [1.165, 1.54) is 6.26 Å². The fourth-order valence-electron chi connectivity index (χ4n) is 4.23. The van der Waals surface area contributed by atoms with Gasteiger partial charge in [-0.2, -0.15) is 0 Å². The molecule has 5 rings (SSSR count). The molecule has 2 bridgehead atoms. The molecule has 1 aromatic carbocycles. The third-order valence-corrected chi connectivity index (χ3v) is 6.98. The molecule has 2 atom stereocenters. The summed E-state index contributed by atoms with van der Waals surface area (Å²) < 4.78 is 25.7. The maximum absolute atomic E-state index is 12.0. The van der Waals surface area contributed by atoms with Crippen molar-refractivity contribution in [1.29, 1.82) is 0 Å². The van der Waals surface area contributed by atoms with E-state index >= 15 is 0 Å². The normalized spacial score (nSPS) is 24.1. The monoisotopic (exact) mass is 386 g/mol. The third-order valence-electron chi connectivity index (χ3n) is 5.74. The number of hydrogen-bond acceptors (Lipinski definition) is 5. The Labute approximate surface area is 161 Å². The molecule has 0 amide bonds. The molecule has 2 aromatic rings. The van der Waals surface area contributed by atoms with Gasteiger partial charge in [0.2, 0.25) is 10.0 Å². The fraction of sp³-hybridized carbons (Fsp3) is 0.500. The molecule has 6 nitrogen and oxygen atoms in total. The third kappa shape index (κ3) is 4.05. The lowest BCUT2D eigenvalue weighted by atomic mass is 9.95. The smallest absolute Gasteiger partial charge is 0.211 e. The molecule has 0 spiro atoms. The number of aryl methyl sites for hydroxylation is 1. The number of rotatable bonds is 4. The highest BCUT2D eigenvalue weighted by atomic mass is 32.2. The number of benzene rings is 1. The molecule has 4 heterocycles. The van der Waals surface area contributed by atoms with Gasteiger partial charge in [-0.3, -0.25) is 4.90 Å². The fourth-order valence-corrected chi connectivity index (χ4v) is 5.16. The van der Waals surface area contributed by atoms with Gasteiger partial charge in [-0.25, -0.2) is 22.7 Å². The molecule has 0 N–H and O–H groups in total. The number of hydrogen-bond donors (Lipinski definition) is 0. The molecule has 3 aliphatic rings. The van der Waals surface area contributed by atoms with Gasteiger partial charge in [-0.1, -0.05) is 24.3 Å². The Hall–Kier alpha value is -1.83. The van der Waals surface area contributed by atoms with Crippen molar-refractivity contribution >= 4 is 10.0 Å². The zero-order chi connectivity index (χ0) is 19.0. The maximum Gasteiger partial charge on any atom is 0.211 e. The van der Waals surface area contributed by atoms with Crippen LogP contribution >= 0.6 is 0 Å². The second kappa shape index (κ2) is 7.30. The van der Waals surface area contributed by atoms with Gasteiger partial charge in [0.25, 0.3) is 0 Å². The van der Waals surface area contributed by atoms with E-state index in [9.17, 15) is 8.42 Å². The highest BCUT2D eigenvalue weighted by Gasteiger charge is 2.37. The first kappa shape index (κ1) is 18.5. The first-order chi connectivity index (χ1) is 12.9. The molecular weight excluding hydrogens is 360 g/mol. The number of aromatic nitrogens is 2. The summed E-state index contributed by atoms with van der Waals surface area (Å²) in [5.74, 6) is 1.16. The predicted molar refractivity (Wildman–Crippen MR) is 106 cm³/mol. The Balaban J connectivity index is 1.49. The van der Waals surface area contributed by atoms with Crippen LogP contribution in [0.4, 0.5) is 0 Å². The van der Waals surface area contributed by atoms with Crippen molar-refractivity contribution in [2.75, 3.05) is 25.9 Å². The molecule has 0 saturated carbocycles. The Morgan fingerprint density at radius 2 is 1.81 bits per heavy atom. The van der Waals surface area contributed by atoms with Gasteiger partial charge in [0.1, 0.15) is 0 Å². The number of sulfonamides is 1. The summed E-state index contributed by atoms with van der Waals surface area (Å²) in [7, 11) is -3.13. The standard InChI is InChI=1S/C20H26N4O2S/c1-15-5-3-4-6-19(15)20-21-9-17(10-22-20)12-23-11-16-7-8-18(23)14-24(13-16)27(2,25)26/h3-6,9-10,16,18H,7-8,11-14H2,1-2H3. The van der Waals surface area contributed by atoms with Crippen LogP contribution in [0.1, 0.15) is 24.0 Å². The van der Waals surface area contributed by atoms with Crippen LogP contribution in [0.15, 0.2) is 36.7 Å². The van der Waals surface area contributed by atoms with Crippen molar-refractivity contribution in [3.05, 3.63) is 47.8 Å². The van der Waals surface area contributed by atoms with Crippen LogP contribution in [0.5, 0.6) is 0 Å². The topological polar surface area (TPSA) is 66.4 Å². The zero-order valence-electron chi connectivity index (χ0n) is 15.9. The van der Waals surface area contributed by atoms with E-state index in [0.717, 1.165) is 48.4 Å². The summed E-state index contributed by atoms with van der Waals surface area (Å²) in [5.41, 5.74) is 3.29. The Kier molecular flexibility index (Phi) is 5.01. The number of fused-ring (bicyclic) bond motifs is 4. The minimum absolute atomic E-state index is 0.273. The highest BCUT2D eigenvalue weighted by molar-refractivity contribution is 7.88. The lowest BCUT2D eigenvalue weighted by Crippen LogP contribution is -2.43. The largest absolute Gasteiger partial charge is 0.294 e. The Morgan fingerprint density at radius 1 is 1.07 bits per heavy atom. The highest BCUT2D eigenvalue weighted by Crippen LogP contribution is 2.30. The lowest BCUT2D eigenvalue weighted by molar-refractivity contribution is 0.125. The first-order valence-electron chi connectivity index (χ1n) is 9.46. The lowest BCUT2D eigenvalue weighted by Gasteiger charge is -2.36. The summed E-state index contributed by atoms with van der Waals surface area (Å²) >= 11 is 0. The van der Waals surface area contributed by atoms with Crippen LogP contribution in [0.25, 0.3) is 11.4 Å². The molecule has 0 aliphatic carbocycles. The molecule has 3 fully saturated rings. The van der Waals surface area contributed by atoms with E-state index < -0.39 is 10.0 Å². The number of nitrogens with zero attached hydrogens (tertiary/aromatic N) is 4. The van der Waals surface area contributed by atoms with E-state index in [1.807, 2.05) is 30.6 Å². The van der Waals surface area contributed by atoms with Crippen molar-refractivity contribution in [3.8, 4) is 11.4 Å². The van der Waals surface area contributed by atoms with Crippen molar-refractivity contribution in [3.63, 3.8) is 0 Å². The van der Waals surface area contributed by atoms with Crippen LogP contribution in [0.2, 0.25) is 0 Å². The summed E-state index contributed by atoms with van der Waals surface area (Å²) in [6.45, 7) is 5.02. The Morgan fingerprint density at radius 3 is 2.52 bits per heavy atom. The molecule has 0 radical (unpaired) electrons. The van der Waals surface area contributed by atoms with E-state index in [2.05, 4.69) is 27.9 Å². The van der Waals surface area contributed by atoms with Crippen LogP contribution < -0.4 is 0 Å². The van der Waals surface area contributed by atoms with Crippen molar-refractivity contribution < 1.29 is 8.42 Å². The van der Waals surface area contributed by atoms with Crippen molar-refractivity contribution in [2.24, 2.45) is 5.92 Å². The van der Waals surface area contributed by atoms with Gasteiger partial charge in [-0.15, -0.1) is 0 Å². The van der Waals surface area contributed by atoms with Gasteiger partial charge in [0.15, 0.2) is 5.82 Å². The van der Waals surface area contributed by atoms with E-state index in [-0.39, 0.29) is 6.04 Å². The second-order valence-corrected chi connectivity index (χ2v) is 9.82. The molecule has 2 unspecified atom stereocenters. The number of piperidine rings is 1. The minimum Gasteiger partial charge on any atom is -0.294 e. The average Bonchev–Trinajstić information content (AvgIpc) is 2.95. The summed E-state index contributed by atoms with van der Waals surface area (Å²) in [6, 6.07) is 8.39. The summed E-state index contributed by atoms with van der Waals surface area (Å²) in [6.07, 6.45) is 7.29. The predicted octanol–water partition coefficient (Wildman–Crippen LogP) is 2.31. The molecule has 1 aromatic heterocycles. The zero-order valence-corrected chi connectivity index (χ0v) is 16.7. The van der Waals surface area contributed by atoms with Gasteiger partial charge in [0.05, 0.1) is 6.26 Å². The van der Waals surface area contributed by atoms with Crippen LogP contribution in [-0.2, 0) is 16.6 Å². The van der Waals surface area contributed by atoms with Gasteiger partial charge < -0.3 is 0 Å². The molecule has 3 aliphatic heterocycles. The second-order valence-electron chi connectivity index (χ2n) is 7.84. The molecule has 3 saturated heterocycles. The average molecular weight is 387 g/mol.